The van der Waals surface area contributed by atoms with Crippen LogP contribution in [-0.2, 0) is 6.42 Å². The molecule has 0 saturated carbocycles. The van der Waals surface area contributed by atoms with Crippen molar-refractivity contribution in [2.75, 3.05) is 28.7 Å². The van der Waals surface area contributed by atoms with Gasteiger partial charge in [0.25, 0.3) is 0 Å². The summed E-state index contributed by atoms with van der Waals surface area (Å²) >= 11 is 0. The molecule has 90 valence electrons. The number of nitrogens with two attached hydrogens (primary N) is 5. The molecule has 5 heteroatoms. The van der Waals surface area contributed by atoms with E-state index in [0.29, 0.717) is 29.2 Å². The summed E-state index contributed by atoms with van der Waals surface area (Å²) in [6.45, 7) is 6.28. The fraction of sp³-hybridized carbons (Fsp3) is 0.455. The maximum Gasteiger partial charge on any atom is 0.0824 e. The molecule has 0 aliphatic heterocycles. The molecule has 16 heavy (non-hydrogen) atoms. The molecule has 0 bridgehead atoms. The predicted molar refractivity (Wildman–Crippen MR) is 71.7 cm³/mol. The Balaban J connectivity index is 3.40. The fourth-order valence-electron chi connectivity index (χ4n) is 1.63. The van der Waals surface area contributed by atoms with E-state index in [4.69, 9.17) is 28.7 Å². The van der Waals surface area contributed by atoms with Crippen LogP contribution >= 0.6 is 0 Å². The van der Waals surface area contributed by atoms with E-state index in [2.05, 4.69) is 20.8 Å². The van der Waals surface area contributed by atoms with Crippen molar-refractivity contribution in [2.45, 2.75) is 27.2 Å². The van der Waals surface area contributed by atoms with Crippen molar-refractivity contribution in [1.82, 2.24) is 0 Å². The Morgan fingerprint density at radius 1 is 0.688 bits per heavy atom. The first kappa shape index (κ1) is 12.3. The van der Waals surface area contributed by atoms with Gasteiger partial charge in [-0.3, -0.25) is 0 Å². The minimum absolute atomic E-state index is 0.0528. The third-order valence-electron chi connectivity index (χ3n) is 2.52. The molecule has 0 amide bonds. The zero-order valence-electron chi connectivity index (χ0n) is 10.1. The average Bonchev–Trinajstić information content (AvgIpc) is 2.17. The van der Waals surface area contributed by atoms with E-state index in [1.807, 2.05) is 0 Å². The van der Waals surface area contributed by atoms with E-state index >= 15 is 0 Å². The van der Waals surface area contributed by atoms with Gasteiger partial charge in [-0.2, -0.15) is 0 Å². The monoisotopic (exact) mass is 223 g/mol. The maximum atomic E-state index is 5.92. The molecule has 0 heterocycles. The number of rotatable bonds is 1. The molecule has 1 aromatic carbocycles. The van der Waals surface area contributed by atoms with Crippen LogP contribution in [0, 0.1) is 5.41 Å². The van der Waals surface area contributed by atoms with Crippen LogP contribution in [0.3, 0.4) is 0 Å². The first-order valence-corrected chi connectivity index (χ1v) is 5.15. The lowest BCUT2D eigenvalue weighted by Gasteiger charge is -2.23. The molecule has 1 rings (SSSR count). The second-order valence-corrected chi connectivity index (χ2v) is 5.28. The molecule has 10 N–H and O–H groups in total. The number of benzene rings is 1. The van der Waals surface area contributed by atoms with E-state index in [1.165, 1.54) is 0 Å². The standard InChI is InChI=1S/C11H21N5/c1-11(2,3)4-5-6(12)8(14)10(16)9(15)7(5)13/h4,12-16H2,1-3H3. The highest BCUT2D eigenvalue weighted by atomic mass is 14.8. The fourth-order valence-corrected chi connectivity index (χ4v) is 1.63. The maximum absolute atomic E-state index is 5.92. The Kier molecular flexibility index (Phi) is 2.81. The molecule has 0 aliphatic rings. The highest BCUT2D eigenvalue weighted by Gasteiger charge is 2.20. The smallest absolute Gasteiger partial charge is 0.0824 e. The van der Waals surface area contributed by atoms with Crippen LogP contribution in [0.2, 0.25) is 0 Å². The Hall–Kier alpha value is -1.78. The summed E-state index contributed by atoms with van der Waals surface area (Å²) in [6, 6.07) is 0. The topological polar surface area (TPSA) is 130 Å². The van der Waals surface area contributed by atoms with Gasteiger partial charge in [0.05, 0.1) is 28.4 Å². The molecule has 0 aliphatic carbocycles. The van der Waals surface area contributed by atoms with Gasteiger partial charge < -0.3 is 28.7 Å². The molecule has 1 aromatic rings. The lowest BCUT2D eigenvalue weighted by atomic mass is 9.86. The molecular weight excluding hydrogens is 202 g/mol. The first-order valence-electron chi connectivity index (χ1n) is 5.15. The van der Waals surface area contributed by atoms with Crippen LogP contribution in [0.5, 0.6) is 0 Å². The number of anilines is 5. The van der Waals surface area contributed by atoms with Gasteiger partial charge in [-0.15, -0.1) is 0 Å². The Bertz CT molecular complexity index is 388. The normalized spacial score (nSPS) is 11.7. The summed E-state index contributed by atoms with van der Waals surface area (Å²) in [5.41, 5.74) is 31.8. The van der Waals surface area contributed by atoms with E-state index in [9.17, 15) is 0 Å². The van der Waals surface area contributed by atoms with Crippen molar-refractivity contribution in [1.29, 1.82) is 0 Å². The molecule has 0 aromatic heterocycles. The van der Waals surface area contributed by atoms with Crippen LogP contribution in [0.15, 0.2) is 0 Å². The largest absolute Gasteiger partial charge is 0.397 e. The zero-order chi connectivity index (χ0) is 12.7. The Morgan fingerprint density at radius 2 is 1.00 bits per heavy atom. The van der Waals surface area contributed by atoms with Gasteiger partial charge in [0.1, 0.15) is 0 Å². The third kappa shape index (κ3) is 2.08. The number of nitrogen functional groups attached to an aromatic ring is 5. The second kappa shape index (κ2) is 3.66. The highest BCUT2D eigenvalue weighted by Crippen LogP contribution is 2.40. The molecule has 0 unspecified atom stereocenters. The van der Waals surface area contributed by atoms with Crippen LogP contribution < -0.4 is 28.7 Å². The van der Waals surface area contributed by atoms with Crippen LogP contribution in [0.1, 0.15) is 26.3 Å². The molecule has 0 fully saturated rings. The van der Waals surface area contributed by atoms with E-state index < -0.39 is 0 Å². The predicted octanol–water partition coefficient (Wildman–Crippen LogP) is 1.19. The lowest BCUT2D eigenvalue weighted by molar-refractivity contribution is 0.412. The molecule has 0 radical (unpaired) electrons. The van der Waals surface area contributed by atoms with E-state index in [1.54, 1.807) is 0 Å². The van der Waals surface area contributed by atoms with E-state index in [-0.39, 0.29) is 11.1 Å². The van der Waals surface area contributed by atoms with Crippen LogP contribution in [-0.4, -0.2) is 0 Å². The van der Waals surface area contributed by atoms with Crippen molar-refractivity contribution in [3.8, 4) is 0 Å². The SMILES string of the molecule is CC(C)(C)Cc1c(N)c(N)c(N)c(N)c1N. The summed E-state index contributed by atoms with van der Waals surface area (Å²) in [5.74, 6) is 0. The van der Waals surface area contributed by atoms with Crippen molar-refractivity contribution in [3.63, 3.8) is 0 Å². The summed E-state index contributed by atoms with van der Waals surface area (Å²) in [7, 11) is 0. The summed E-state index contributed by atoms with van der Waals surface area (Å²) in [6.07, 6.45) is 0.708. The number of hydrogen-bond donors (Lipinski definition) is 5. The van der Waals surface area contributed by atoms with Gasteiger partial charge in [-0.25, -0.2) is 0 Å². The second-order valence-electron chi connectivity index (χ2n) is 5.28. The summed E-state index contributed by atoms with van der Waals surface area (Å²) < 4.78 is 0. The van der Waals surface area contributed by atoms with Gasteiger partial charge in [0.15, 0.2) is 0 Å². The minimum atomic E-state index is 0.0528. The average molecular weight is 223 g/mol. The van der Waals surface area contributed by atoms with Crippen molar-refractivity contribution in [3.05, 3.63) is 5.56 Å². The molecule has 0 spiro atoms. The quantitative estimate of drug-likeness (QED) is 0.456. The van der Waals surface area contributed by atoms with Gasteiger partial charge >= 0.3 is 0 Å². The molecule has 5 nitrogen and oxygen atoms in total. The molecule has 0 atom stereocenters. The van der Waals surface area contributed by atoms with Crippen molar-refractivity contribution >= 4 is 28.4 Å². The minimum Gasteiger partial charge on any atom is -0.397 e. The van der Waals surface area contributed by atoms with Crippen molar-refractivity contribution < 1.29 is 0 Å². The highest BCUT2D eigenvalue weighted by molar-refractivity contribution is 5.96. The number of hydrogen-bond acceptors (Lipinski definition) is 5. The van der Waals surface area contributed by atoms with Gasteiger partial charge in [-0.05, 0) is 11.8 Å². The van der Waals surface area contributed by atoms with E-state index in [0.717, 1.165) is 5.56 Å². The lowest BCUT2D eigenvalue weighted by Crippen LogP contribution is -2.16. The Morgan fingerprint density at radius 3 is 1.31 bits per heavy atom. The van der Waals surface area contributed by atoms with Gasteiger partial charge in [0, 0.05) is 5.56 Å². The third-order valence-corrected chi connectivity index (χ3v) is 2.52. The first-order chi connectivity index (χ1) is 7.15. The van der Waals surface area contributed by atoms with Crippen LogP contribution in [0.4, 0.5) is 28.4 Å². The Labute approximate surface area is 96.0 Å². The zero-order valence-corrected chi connectivity index (χ0v) is 10.1. The molecule has 0 saturated heterocycles. The van der Waals surface area contributed by atoms with Gasteiger partial charge in [0.2, 0.25) is 0 Å². The summed E-state index contributed by atoms with van der Waals surface area (Å²) in [4.78, 5) is 0. The van der Waals surface area contributed by atoms with Crippen molar-refractivity contribution in [2.24, 2.45) is 5.41 Å². The van der Waals surface area contributed by atoms with Crippen LogP contribution in [0.25, 0.3) is 0 Å². The summed E-state index contributed by atoms with van der Waals surface area (Å²) in [5, 5.41) is 0. The van der Waals surface area contributed by atoms with Gasteiger partial charge in [-0.1, -0.05) is 20.8 Å². The molecular formula is C11H21N5.